The molecule has 3 nitrogen and oxygen atoms in total. The molecule has 0 bridgehead atoms. The molecule has 1 N–H and O–H groups in total. The zero-order chi connectivity index (χ0) is 13.9. The molecule has 1 amide bonds. The number of nitrogens with one attached hydrogen (secondary N) is 1. The molecule has 0 aliphatic rings. The van der Waals surface area contributed by atoms with Crippen molar-refractivity contribution >= 4 is 21.8 Å². The Bertz CT molecular complexity index is 402. The second-order valence-electron chi connectivity index (χ2n) is 5.52. The number of nitrogens with zero attached hydrogens (tertiary/aromatic N) is 1. The molecule has 0 saturated carbocycles. The average Bonchev–Trinajstić information content (AvgIpc) is 2.56. The highest BCUT2D eigenvalue weighted by atomic mass is 79.9. The Labute approximate surface area is 118 Å². The highest BCUT2D eigenvalue weighted by Gasteiger charge is 2.19. The standard InChI is InChI=1S/C14H23BrN2O/c1-9(2)12(10(3)4)7-16-14(18)13-6-11(15)8-17(13)5/h6,8-10,12H,7H2,1-5H3,(H,16,18). The van der Waals surface area contributed by atoms with Gasteiger partial charge in [-0.05, 0) is 39.8 Å². The third-order valence-electron chi connectivity index (χ3n) is 3.42. The molecular weight excluding hydrogens is 292 g/mol. The fourth-order valence-electron chi connectivity index (χ4n) is 2.29. The summed E-state index contributed by atoms with van der Waals surface area (Å²) in [5.74, 6) is 1.66. The summed E-state index contributed by atoms with van der Waals surface area (Å²) >= 11 is 3.38. The van der Waals surface area contributed by atoms with Crippen LogP contribution in [-0.2, 0) is 7.05 Å². The van der Waals surface area contributed by atoms with Gasteiger partial charge in [0.2, 0.25) is 0 Å². The van der Waals surface area contributed by atoms with Crippen molar-refractivity contribution in [2.45, 2.75) is 27.7 Å². The summed E-state index contributed by atoms with van der Waals surface area (Å²) in [6, 6.07) is 1.84. The van der Waals surface area contributed by atoms with Gasteiger partial charge < -0.3 is 9.88 Å². The molecule has 0 atom stereocenters. The Balaban J connectivity index is 2.63. The molecular formula is C14H23BrN2O. The minimum Gasteiger partial charge on any atom is -0.350 e. The summed E-state index contributed by atoms with van der Waals surface area (Å²) in [4.78, 5) is 12.1. The Morgan fingerprint density at radius 3 is 2.28 bits per heavy atom. The van der Waals surface area contributed by atoms with Crippen LogP contribution in [0.2, 0.25) is 0 Å². The van der Waals surface area contributed by atoms with E-state index >= 15 is 0 Å². The van der Waals surface area contributed by atoms with E-state index in [0.29, 0.717) is 23.4 Å². The molecule has 0 aromatic carbocycles. The first-order valence-corrected chi connectivity index (χ1v) is 7.22. The van der Waals surface area contributed by atoms with E-state index < -0.39 is 0 Å². The summed E-state index contributed by atoms with van der Waals surface area (Å²) < 4.78 is 2.76. The first-order chi connectivity index (χ1) is 8.32. The summed E-state index contributed by atoms with van der Waals surface area (Å²) in [6.45, 7) is 9.55. The largest absolute Gasteiger partial charge is 0.350 e. The Kier molecular flexibility index (Phi) is 5.45. The lowest BCUT2D eigenvalue weighted by Gasteiger charge is -2.25. The van der Waals surface area contributed by atoms with Gasteiger partial charge in [-0.25, -0.2) is 0 Å². The topological polar surface area (TPSA) is 34.0 Å². The van der Waals surface area contributed by atoms with E-state index in [4.69, 9.17) is 0 Å². The van der Waals surface area contributed by atoms with Crippen LogP contribution in [0.4, 0.5) is 0 Å². The number of aryl methyl sites for hydroxylation is 1. The van der Waals surface area contributed by atoms with Crippen molar-refractivity contribution in [2.24, 2.45) is 24.8 Å². The molecule has 1 heterocycles. The summed E-state index contributed by atoms with van der Waals surface area (Å²) in [5.41, 5.74) is 0.688. The van der Waals surface area contributed by atoms with E-state index in [-0.39, 0.29) is 5.91 Å². The van der Waals surface area contributed by atoms with Gasteiger partial charge in [-0.3, -0.25) is 4.79 Å². The Hall–Kier alpha value is -0.770. The molecule has 0 aliphatic carbocycles. The molecule has 1 aromatic heterocycles. The number of rotatable bonds is 5. The van der Waals surface area contributed by atoms with Gasteiger partial charge in [-0.2, -0.15) is 0 Å². The third-order valence-corrected chi connectivity index (χ3v) is 3.85. The quantitative estimate of drug-likeness (QED) is 0.887. The van der Waals surface area contributed by atoms with Crippen molar-refractivity contribution in [3.8, 4) is 0 Å². The third kappa shape index (κ3) is 3.87. The highest BCUT2D eigenvalue weighted by Crippen LogP contribution is 2.20. The maximum atomic E-state index is 12.1. The van der Waals surface area contributed by atoms with Crippen LogP contribution in [0.15, 0.2) is 16.7 Å². The van der Waals surface area contributed by atoms with Crippen molar-refractivity contribution in [1.82, 2.24) is 9.88 Å². The smallest absolute Gasteiger partial charge is 0.267 e. The summed E-state index contributed by atoms with van der Waals surface area (Å²) in [7, 11) is 1.88. The van der Waals surface area contributed by atoms with Crippen LogP contribution in [0, 0.1) is 17.8 Å². The lowest BCUT2D eigenvalue weighted by Crippen LogP contribution is -2.34. The highest BCUT2D eigenvalue weighted by molar-refractivity contribution is 9.10. The number of amides is 1. The van der Waals surface area contributed by atoms with E-state index in [0.717, 1.165) is 11.0 Å². The van der Waals surface area contributed by atoms with Crippen LogP contribution >= 0.6 is 15.9 Å². The number of carbonyl (C=O) groups excluding carboxylic acids is 1. The molecule has 1 aromatic rings. The molecule has 0 spiro atoms. The number of halogens is 1. The first kappa shape index (κ1) is 15.3. The molecule has 0 unspecified atom stereocenters. The van der Waals surface area contributed by atoms with Gasteiger partial charge in [-0.1, -0.05) is 27.7 Å². The zero-order valence-electron chi connectivity index (χ0n) is 11.8. The van der Waals surface area contributed by atoms with E-state index in [1.54, 1.807) is 0 Å². The van der Waals surface area contributed by atoms with Crippen LogP contribution in [0.5, 0.6) is 0 Å². The molecule has 18 heavy (non-hydrogen) atoms. The van der Waals surface area contributed by atoms with Crippen LogP contribution in [-0.4, -0.2) is 17.0 Å². The second-order valence-corrected chi connectivity index (χ2v) is 6.43. The summed E-state index contributed by atoms with van der Waals surface area (Å²) in [6.07, 6.45) is 1.89. The second kappa shape index (κ2) is 6.41. The molecule has 0 radical (unpaired) electrons. The Morgan fingerprint density at radius 1 is 1.33 bits per heavy atom. The van der Waals surface area contributed by atoms with Crippen molar-refractivity contribution in [1.29, 1.82) is 0 Å². The molecule has 1 rings (SSSR count). The predicted octanol–water partition coefficient (Wildman–Crippen LogP) is 3.45. The monoisotopic (exact) mass is 314 g/mol. The molecule has 0 saturated heterocycles. The molecule has 102 valence electrons. The number of hydrogen-bond acceptors (Lipinski definition) is 1. The Morgan fingerprint density at radius 2 is 1.89 bits per heavy atom. The predicted molar refractivity (Wildman–Crippen MR) is 78.6 cm³/mol. The van der Waals surface area contributed by atoms with Gasteiger partial charge in [0.25, 0.3) is 5.91 Å². The van der Waals surface area contributed by atoms with Gasteiger partial charge >= 0.3 is 0 Å². The van der Waals surface area contributed by atoms with Gasteiger partial charge in [0, 0.05) is 24.3 Å². The maximum absolute atomic E-state index is 12.1. The van der Waals surface area contributed by atoms with Crippen LogP contribution in [0.3, 0.4) is 0 Å². The van der Waals surface area contributed by atoms with Gasteiger partial charge in [0.05, 0.1) is 0 Å². The summed E-state index contributed by atoms with van der Waals surface area (Å²) in [5, 5.41) is 3.04. The maximum Gasteiger partial charge on any atom is 0.267 e. The fourth-order valence-corrected chi connectivity index (χ4v) is 2.82. The molecule has 0 aliphatic heterocycles. The van der Waals surface area contributed by atoms with Gasteiger partial charge in [0.15, 0.2) is 0 Å². The first-order valence-electron chi connectivity index (χ1n) is 6.43. The number of carbonyl (C=O) groups is 1. The van der Waals surface area contributed by atoms with Crippen molar-refractivity contribution in [2.75, 3.05) is 6.54 Å². The fraction of sp³-hybridized carbons (Fsp3) is 0.643. The lowest BCUT2D eigenvalue weighted by molar-refractivity contribution is 0.0929. The van der Waals surface area contributed by atoms with Gasteiger partial charge in [-0.15, -0.1) is 0 Å². The van der Waals surface area contributed by atoms with E-state index in [1.807, 2.05) is 23.9 Å². The minimum atomic E-state index is -0.00509. The van der Waals surface area contributed by atoms with Crippen LogP contribution in [0.1, 0.15) is 38.2 Å². The lowest BCUT2D eigenvalue weighted by atomic mass is 9.85. The van der Waals surface area contributed by atoms with Crippen molar-refractivity contribution in [3.05, 3.63) is 22.4 Å². The van der Waals surface area contributed by atoms with Crippen molar-refractivity contribution in [3.63, 3.8) is 0 Å². The van der Waals surface area contributed by atoms with Crippen molar-refractivity contribution < 1.29 is 4.79 Å². The van der Waals surface area contributed by atoms with E-state index in [9.17, 15) is 4.79 Å². The minimum absolute atomic E-state index is 0.00509. The van der Waals surface area contributed by atoms with Gasteiger partial charge in [0.1, 0.15) is 5.69 Å². The average molecular weight is 315 g/mol. The van der Waals surface area contributed by atoms with E-state index in [1.165, 1.54) is 0 Å². The van der Waals surface area contributed by atoms with Crippen LogP contribution in [0.25, 0.3) is 0 Å². The van der Waals surface area contributed by atoms with Crippen LogP contribution < -0.4 is 5.32 Å². The number of hydrogen-bond donors (Lipinski definition) is 1. The SMILES string of the molecule is CC(C)C(CNC(=O)c1cc(Br)cn1C)C(C)C. The number of aromatic nitrogens is 1. The molecule has 0 fully saturated rings. The van der Waals surface area contributed by atoms with E-state index in [2.05, 4.69) is 48.9 Å². The normalized spacial score (nSPS) is 11.6. The molecule has 4 heteroatoms. The zero-order valence-corrected chi connectivity index (χ0v) is 13.4.